The number of Topliss-reactive ketones (excluding diaryl/α,β-unsaturated/α-hetero) is 1. The van der Waals surface area contributed by atoms with Crippen molar-refractivity contribution in [2.24, 2.45) is 0 Å². The lowest BCUT2D eigenvalue weighted by Crippen LogP contribution is -2.18. The average molecular weight is 371 g/mol. The molecule has 5 nitrogen and oxygen atoms in total. The van der Waals surface area contributed by atoms with Gasteiger partial charge in [0.05, 0.1) is 33.9 Å². The van der Waals surface area contributed by atoms with Crippen LogP contribution in [-0.2, 0) is 11.3 Å². The summed E-state index contributed by atoms with van der Waals surface area (Å²) in [5.41, 5.74) is 2.52. The number of amides is 1. The number of hydrogen-bond donors (Lipinski definition) is 1. The summed E-state index contributed by atoms with van der Waals surface area (Å²) < 4.78 is 0. The number of carbonyl (C=O) groups excluding carboxylic acids is 2. The highest BCUT2D eigenvalue weighted by Crippen LogP contribution is 2.24. The van der Waals surface area contributed by atoms with Crippen LogP contribution in [-0.4, -0.2) is 27.4 Å². The number of benzene rings is 1. The molecule has 25 heavy (non-hydrogen) atoms. The molecule has 0 atom stereocenters. The summed E-state index contributed by atoms with van der Waals surface area (Å²) in [6, 6.07) is 11.4. The lowest BCUT2D eigenvalue weighted by Gasteiger charge is -2.05. The molecular formula is C18H17N3O2S2. The van der Waals surface area contributed by atoms with Crippen molar-refractivity contribution in [1.82, 2.24) is 15.3 Å². The number of rotatable bonds is 6. The van der Waals surface area contributed by atoms with Crippen LogP contribution in [0.2, 0.25) is 0 Å². The van der Waals surface area contributed by atoms with Crippen molar-refractivity contribution in [3.05, 3.63) is 51.8 Å². The molecule has 7 heteroatoms. The van der Waals surface area contributed by atoms with Crippen molar-refractivity contribution in [2.75, 3.05) is 5.75 Å². The lowest BCUT2D eigenvalue weighted by atomic mass is 10.3. The minimum atomic E-state index is -0.0813. The zero-order valence-corrected chi connectivity index (χ0v) is 15.5. The monoisotopic (exact) mass is 371 g/mol. The first-order chi connectivity index (χ1) is 12.0. The summed E-state index contributed by atoms with van der Waals surface area (Å²) in [6.45, 7) is 3.84. The van der Waals surface area contributed by atoms with Crippen molar-refractivity contribution in [1.29, 1.82) is 0 Å². The molecule has 2 heterocycles. The molecule has 3 aromatic rings. The number of thiophene rings is 1. The molecule has 0 saturated carbocycles. The number of para-hydroxylation sites is 2. The fourth-order valence-corrected chi connectivity index (χ4v) is 4.07. The van der Waals surface area contributed by atoms with Crippen LogP contribution >= 0.6 is 23.1 Å². The molecule has 0 bridgehead atoms. The molecule has 0 aliphatic carbocycles. The van der Waals surface area contributed by atoms with Crippen LogP contribution < -0.4 is 5.32 Å². The van der Waals surface area contributed by atoms with Crippen molar-refractivity contribution in [3.8, 4) is 0 Å². The van der Waals surface area contributed by atoms with Gasteiger partial charge < -0.3 is 5.32 Å². The third-order valence-electron chi connectivity index (χ3n) is 3.49. The number of nitrogens with zero attached hydrogens (tertiary/aromatic N) is 2. The van der Waals surface area contributed by atoms with E-state index in [2.05, 4.69) is 15.3 Å². The van der Waals surface area contributed by atoms with Gasteiger partial charge in [-0.1, -0.05) is 23.9 Å². The number of ketones is 1. The normalized spacial score (nSPS) is 10.8. The van der Waals surface area contributed by atoms with Gasteiger partial charge in [-0.3, -0.25) is 9.59 Å². The van der Waals surface area contributed by atoms with Crippen LogP contribution in [0.4, 0.5) is 0 Å². The number of fused-ring (bicyclic) bond motifs is 1. The van der Waals surface area contributed by atoms with E-state index >= 15 is 0 Å². The molecule has 0 saturated heterocycles. The second-order valence-electron chi connectivity index (χ2n) is 5.49. The molecule has 2 aromatic heterocycles. The van der Waals surface area contributed by atoms with Crippen molar-refractivity contribution in [2.45, 2.75) is 25.4 Å². The van der Waals surface area contributed by atoms with Gasteiger partial charge in [-0.25, -0.2) is 9.97 Å². The predicted molar refractivity (Wildman–Crippen MR) is 101 cm³/mol. The highest BCUT2D eigenvalue weighted by atomic mass is 32.2. The average Bonchev–Trinajstić information content (AvgIpc) is 3.07. The van der Waals surface area contributed by atoms with Crippen molar-refractivity contribution >= 4 is 45.8 Å². The Labute approximate surface area is 153 Å². The Morgan fingerprint density at radius 1 is 1.12 bits per heavy atom. The van der Waals surface area contributed by atoms with Crippen molar-refractivity contribution in [3.63, 3.8) is 0 Å². The maximum Gasteiger partial charge on any atom is 0.217 e. The SMILES string of the molecule is CC(=O)NCc1ccc(C(=O)CSc2nc3ccccc3nc2C)s1. The van der Waals surface area contributed by atoms with Crippen LogP contribution in [0, 0.1) is 6.92 Å². The summed E-state index contributed by atoms with van der Waals surface area (Å²) in [4.78, 5) is 34.1. The Morgan fingerprint density at radius 2 is 1.84 bits per heavy atom. The summed E-state index contributed by atoms with van der Waals surface area (Å²) >= 11 is 2.82. The molecule has 1 N–H and O–H groups in total. The minimum absolute atomic E-state index is 0.0541. The molecule has 0 unspecified atom stereocenters. The molecule has 0 spiro atoms. The maximum atomic E-state index is 12.4. The van der Waals surface area contributed by atoms with E-state index in [0.29, 0.717) is 17.2 Å². The Hall–Kier alpha value is -2.25. The van der Waals surface area contributed by atoms with Gasteiger partial charge in [0.1, 0.15) is 5.03 Å². The Balaban J connectivity index is 1.66. The molecule has 0 fully saturated rings. The summed E-state index contributed by atoms with van der Waals surface area (Å²) in [5.74, 6) is 0.286. The first kappa shape index (κ1) is 17.6. The van der Waals surface area contributed by atoms with Crippen LogP contribution in [0.1, 0.15) is 27.2 Å². The van der Waals surface area contributed by atoms with Crippen molar-refractivity contribution < 1.29 is 9.59 Å². The molecule has 0 aliphatic heterocycles. The van der Waals surface area contributed by atoms with Gasteiger partial charge in [-0.05, 0) is 31.2 Å². The number of nitrogens with one attached hydrogen (secondary N) is 1. The summed E-state index contributed by atoms with van der Waals surface area (Å²) in [6.07, 6.45) is 0. The number of hydrogen-bond acceptors (Lipinski definition) is 6. The fraction of sp³-hybridized carbons (Fsp3) is 0.222. The Kier molecular flexibility index (Phi) is 5.45. The van der Waals surface area contributed by atoms with Gasteiger partial charge in [0.2, 0.25) is 5.91 Å². The highest BCUT2D eigenvalue weighted by molar-refractivity contribution is 8.00. The van der Waals surface area contributed by atoms with E-state index in [4.69, 9.17) is 0 Å². The van der Waals surface area contributed by atoms with E-state index < -0.39 is 0 Å². The zero-order chi connectivity index (χ0) is 17.8. The summed E-state index contributed by atoms with van der Waals surface area (Å²) in [5, 5.41) is 3.51. The molecule has 3 rings (SSSR count). The highest BCUT2D eigenvalue weighted by Gasteiger charge is 2.13. The van der Waals surface area contributed by atoms with E-state index in [9.17, 15) is 9.59 Å². The molecule has 0 radical (unpaired) electrons. The largest absolute Gasteiger partial charge is 0.351 e. The maximum absolute atomic E-state index is 12.4. The van der Waals surface area contributed by atoms with E-state index in [1.807, 2.05) is 43.3 Å². The van der Waals surface area contributed by atoms with Gasteiger partial charge in [-0.15, -0.1) is 11.3 Å². The lowest BCUT2D eigenvalue weighted by molar-refractivity contribution is -0.119. The molecule has 1 aromatic carbocycles. The number of thioether (sulfide) groups is 1. The first-order valence-corrected chi connectivity index (χ1v) is 9.55. The fourth-order valence-electron chi connectivity index (χ4n) is 2.25. The van der Waals surface area contributed by atoms with E-state index in [-0.39, 0.29) is 11.7 Å². The minimum Gasteiger partial charge on any atom is -0.351 e. The smallest absolute Gasteiger partial charge is 0.217 e. The van der Waals surface area contributed by atoms with Gasteiger partial charge in [0.25, 0.3) is 0 Å². The molecule has 0 aliphatic rings. The van der Waals surface area contributed by atoms with Crippen LogP contribution in [0.5, 0.6) is 0 Å². The van der Waals surface area contributed by atoms with Gasteiger partial charge in [0, 0.05) is 11.8 Å². The Bertz CT molecular complexity index is 937. The third kappa shape index (κ3) is 4.43. The topological polar surface area (TPSA) is 72.0 Å². The predicted octanol–water partition coefficient (Wildman–Crippen LogP) is 3.61. The molecule has 1 amide bonds. The molecule has 128 valence electrons. The van der Waals surface area contributed by atoms with Crippen LogP contribution in [0.25, 0.3) is 11.0 Å². The Morgan fingerprint density at radius 3 is 2.56 bits per heavy atom. The zero-order valence-electron chi connectivity index (χ0n) is 13.9. The number of aryl methyl sites for hydroxylation is 1. The van der Waals surface area contributed by atoms with Crippen LogP contribution in [0.15, 0.2) is 41.4 Å². The van der Waals surface area contributed by atoms with E-state index in [1.165, 1.54) is 30.0 Å². The van der Waals surface area contributed by atoms with Gasteiger partial charge >= 0.3 is 0 Å². The second-order valence-corrected chi connectivity index (χ2v) is 7.62. The van der Waals surface area contributed by atoms with Gasteiger partial charge in [-0.2, -0.15) is 0 Å². The second kappa shape index (κ2) is 7.76. The van der Waals surface area contributed by atoms with Crippen LogP contribution in [0.3, 0.4) is 0 Å². The molecular weight excluding hydrogens is 354 g/mol. The van der Waals surface area contributed by atoms with E-state index in [0.717, 1.165) is 26.6 Å². The number of aromatic nitrogens is 2. The van der Waals surface area contributed by atoms with Gasteiger partial charge in [0.15, 0.2) is 5.78 Å². The van der Waals surface area contributed by atoms with E-state index in [1.54, 1.807) is 0 Å². The first-order valence-electron chi connectivity index (χ1n) is 7.75. The standard InChI is InChI=1S/C18H17N3O2S2/c1-11-18(21-15-6-4-3-5-14(15)20-11)24-10-16(23)17-8-7-13(25-17)9-19-12(2)22/h3-8H,9-10H2,1-2H3,(H,19,22). The number of carbonyl (C=O) groups is 2. The summed E-state index contributed by atoms with van der Waals surface area (Å²) in [7, 11) is 0. The third-order valence-corrected chi connectivity index (χ3v) is 5.68. The quantitative estimate of drug-likeness (QED) is 0.529.